The van der Waals surface area contributed by atoms with E-state index in [1.165, 1.54) is 34.6 Å². The third-order valence-corrected chi connectivity index (χ3v) is 6.09. The zero-order valence-electron chi connectivity index (χ0n) is 10.1. The molecule has 2 aromatic heterocycles. The molecule has 2 aromatic rings. The number of fused-ring (bicyclic) bond motifs is 1. The smallest absolute Gasteiger partial charge is 0.212 e. The van der Waals surface area contributed by atoms with Crippen molar-refractivity contribution in [3.63, 3.8) is 0 Å². The Hall–Kier alpha value is -0.640. The minimum absolute atomic E-state index is 0.134. The maximum atomic E-state index is 12.4. The molecule has 0 unspecified atom stereocenters. The minimum Gasteiger partial charge on any atom is -0.287 e. The summed E-state index contributed by atoms with van der Waals surface area (Å²) in [5, 5.41) is 0. The Labute approximate surface area is 119 Å². The van der Waals surface area contributed by atoms with E-state index < -0.39 is 0 Å². The highest BCUT2D eigenvalue weighted by Crippen LogP contribution is 2.34. The Morgan fingerprint density at radius 2 is 1.89 bits per heavy atom. The zero-order valence-corrected chi connectivity index (χ0v) is 12.5. The van der Waals surface area contributed by atoms with Crippen LogP contribution in [0.3, 0.4) is 0 Å². The second-order valence-corrected chi connectivity index (χ2v) is 7.45. The molecule has 0 fully saturated rings. The lowest BCUT2D eigenvalue weighted by molar-refractivity contribution is 0.104. The van der Waals surface area contributed by atoms with Gasteiger partial charge in [-0.25, -0.2) is 0 Å². The standard InChI is InChI=1S/C14H13ClOS2/c1-8-6-11(18-14(8)15)13(16)12-7-9-4-2-3-5-10(9)17-12/h6-7H,2-5H2,1H3. The first-order chi connectivity index (χ1) is 8.65. The maximum Gasteiger partial charge on any atom is 0.212 e. The predicted octanol–water partition coefficient (Wildman–Crippen LogP) is 4.88. The van der Waals surface area contributed by atoms with Crippen LogP contribution >= 0.6 is 34.3 Å². The molecule has 0 aliphatic heterocycles. The third-order valence-electron chi connectivity index (χ3n) is 3.30. The van der Waals surface area contributed by atoms with E-state index in [0.717, 1.165) is 32.5 Å². The number of rotatable bonds is 2. The van der Waals surface area contributed by atoms with Crippen LogP contribution in [0.5, 0.6) is 0 Å². The van der Waals surface area contributed by atoms with Crippen LogP contribution in [0.1, 0.15) is 43.4 Å². The number of thiophene rings is 2. The quantitative estimate of drug-likeness (QED) is 0.722. The van der Waals surface area contributed by atoms with Crippen LogP contribution in [0.25, 0.3) is 0 Å². The molecule has 0 saturated carbocycles. The van der Waals surface area contributed by atoms with E-state index in [1.807, 2.05) is 13.0 Å². The molecule has 0 radical (unpaired) electrons. The number of halogens is 1. The van der Waals surface area contributed by atoms with Gasteiger partial charge in [0.1, 0.15) is 0 Å². The Morgan fingerprint density at radius 3 is 2.56 bits per heavy atom. The van der Waals surface area contributed by atoms with E-state index in [1.54, 1.807) is 11.3 Å². The van der Waals surface area contributed by atoms with E-state index in [0.29, 0.717) is 0 Å². The Balaban J connectivity index is 1.94. The molecule has 2 heterocycles. The molecule has 4 heteroatoms. The van der Waals surface area contributed by atoms with Crippen molar-refractivity contribution in [2.24, 2.45) is 0 Å². The van der Waals surface area contributed by atoms with Crippen LogP contribution in [-0.4, -0.2) is 5.78 Å². The fourth-order valence-electron chi connectivity index (χ4n) is 2.30. The number of ketones is 1. The summed E-state index contributed by atoms with van der Waals surface area (Å²) in [5.41, 5.74) is 2.38. The average molecular weight is 297 g/mol. The molecular formula is C14H13ClOS2. The molecule has 18 heavy (non-hydrogen) atoms. The van der Waals surface area contributed by atoms with Crippen molar-refractivity contribution >= 4 is 40.1 Å². The van der Waals surface area contributed by atoms with Gasteiger partial charge in [-0.2, -0.15) is 0 Å². The van der Waals surface area contributed by atoms with Gasteiger partial charge in [0.25, 0.3) is 0 Å². The van der Waals surface area contributed by atoms with Gasteiger partial charge in [-0.15, -0.1) is 22.7 Å². The molecular weight excluding hydrogens is 284 g/mol. The largest absolute Gasteiger partial charge is 0.287 e. The van der Waals surface area contributed by atoms with Gasteiger partial charge in [-0.1, -0.05) is 11.6 Å². The molecule has 0 atom stereocenters. The fraction of sp³-hybridized carbons (Fsp3) is 0.357. The Kier molecular flexibility index (Phi) is 3.31. The summed E-state index contributed by atoms with van der Waals surface area (Å²) in [6.45, 7) is 1.94. The van der Waals surface area contributed by atoms with Crippen molar-refractivity contribution < 1.29 is 4.79 Å². The summed E-state index contributed by atoms with van der Waals surface area (Å²) in [5.74, 6) is 0.134. The number of hydrogen-bond donors (Lipinski definition) is 0. The molecule has 94 valence electrons. The van der Waals surface area contributed by atoms with Crippen molar-refractivity contribution in [2.45, 2.75) is 32.6 Å². The second-order valence-electron chi connectivity index (χ2n) is 4.66. The maximum absolute atomic E-state index is 12.4. The third kappa shape index (κ3) is 2.15. The lowest BCUT2D eigenvalue weighted by Gasteiger charge is -2.08. The average Bonchev–Trinajstić information content (AvgIpc) is 2.93. The molecule has 1 aliphatic rings. The summed E-state index contributed by atoms with van der Waals surface area (Å²) in [7, 11) is 0. The first kappa shape index (κ1) is 12.4. The monoisotopic (exact) mass is 296 g/mol. The van der Waals surface area contributed by atoms with E-state index in [2.05, 4.69) is 6.07 Å². The van der Waals surface area contributed by atoms with E-state index in [-0.39, 0.29) is 5.78 Å². The number of aryl methyl sites for hydroxylation is 3. The summed E-state index contributed by atoms with van der Waals surface area (Å²) in [6.07, 6.45) is 4.77. The van der Waals surface area contributed by atoms with Crippen molar-refractivity contribution in [3.05, 3.63) is 42.2 Å². The highest BCUT2D eigenvalue weighted by molar-refractivity contribution is 7.20. The van der Waals surface area contributed by atoms with E-state index in [9.17, 15) is 4.79 Å². The van der Waals surface area contributed by atoms with E-state index >= 15 is 0 Å². The van der Waals surface area contributed by atoms with Gasteiger partial charge in [0.05, 0.1) is 14.1 Å². The topological polar surface area (TPSA) is 17.1 Å². The molecule has 0 amide bonds. The van der Waals surface area contributed by atoms with Gasteiger partial charge in [0, 0.05) is 4.88 Å². The highest BCUT2D eigenvalue weighted by atomic mass is 35.5. The van der Waals surface area contributed by atoms with Crippen LogP contribution in [0.15, 0.2) is 12.1 Å². The van der Waals surface area contributed by atoms with Crippen molar-refractivity contribution in [1.29, 1.82) is 0 Å². The lowest BCUT2D eigenvalue weighted by atomic mass is 9.99. The molecule has 1 aliphatic carbocycles. The van der Waals surface area contributed by atoms with Gasteiger partial charge in [-0.05, 0) is 55.9 Å². The van der Waals surface area contributed by atoms with Crippen molar-refractivity contribution in [2.75, 3.05) is 0 Å². The highest BCUT2D eigenvalue weighted by Gasteiger charge is 2.20. The van der Waals surface area contributed by atoms with E-state index in [4.69, 9.17) is 11.6 Å². The Morgan fingerprint density at radius 1 is 1.17 bits per heavy atom. The van der Waals surface area contributed by atoms with Gasteiger partial charge in [0.2, 0.25) is 5.78 Å². The molecule has 0 spiro atoms. The minimum atomic E-state index is 0.134. The van der Waals surface area contributed by atoms with Crippen LogP contribution < -0.4 is 0 Å². The lowest BCUT2D eigenvalue weighted by Crippen LogP contribution is -1.97. The number of carbonyl (C=O) groups is 1. The number of hydrogen-bond acceptors (Lipinski definition) is 3. The first-order valence-corrected chi connectivity index (χ1v) is 8.08. The van der Waals surface area contributed by atoms with Gasteiger partial charge in [0.15, 0.2) is 0 Å². The molecule has 0 aromatic carbocycles. The molecule has 0 bridgehead atoms. The van der Waals surface area contributed by atoms with Gasteiger partial charge >= 0.3 is 0 Å². The molecule has 0 N–H and O–H groups in total. The van der Waals surface area contributed by atoms with Crippen LogP contribution in [0.2, 0.25) is 4.34 Å². The second kappa shape index (κ2) is 4.80. The summed E-state index contributed by atoms with van der Waals surface area (Å²) < 4.78 is 0.722. The van der Waals surface area contributed by atoms with Gasteiger partial charge < -0.3 is 0 Å². The Bertz CT molecular complexity index is 566. The number of carbonyl (C=O) groups excluding carboxylic acids is 1. The van der Waals surface area contributed by atoms with Crippen molar-refractivity contribution in [3.8, 4) is 0 Å². The van der Waals surface area contributed by atoms with Gasteiger partial charge in [-0.3, -0.25) is 4.79 Å². The predicted molar refractivity (Wildman–Crippen MR) is 78.5 cm³/mol. The zero-order chi connectivity index (χ0) is 12.7. The molecule has 0 saturated heterocycles. The molecule has 1 nitrogen and oxygen atoms in total. The normalized spacial score (nSPS) is 14.6. The first-order valence-electron chi connectivity index (χ1n) is 6.07. The summed E-state index contributed by atoms with van der Waals surface area (Å²) in [4.78, 5) is 15.4. The fourth-order valence-corrected chi connectivity index (χ4v) is 4.72. The van der Waals surface area contributed by atoms with Crippen LogP contribution in [-0.2, 0) is 12.8 Å². The van der Waals surface area contributed by atoms with Crippen molar-refractivity contribution in [1.82, 2.24) is 0 Å². The summed E-state index contributed by atoms with van der Waals surface area (Å²) in [6, 6.07) is 3.98. The molecule has 3 rings (SSSR count). The van der Waals surface area contributed by atoms with Crippen LogP contribution in [0.4, 0.5) is 0 Å². The SMILES string of the molecule is Cc1cc(C(=O)c2cc3c(s2)CCCC3)sc1Cl. The van der Waals surface area contributed by atoms with Crippen LogP contribution in [0, 0.1) is 6.92 Å². The summed E-state index contributed by atoms with van der Waals surface area (Å²) >= 11 is 9.08.